The van der Waals surface area contributed by atoms with Crippen molar-refractivity contribution < 1.29 is 9.53 Å². The van der Waals surface area contributed by atoms with E-state index in [1.807, 2.05) is 11.0 Å². The van der Waals surface area contributed by atoms with Crippen molar-refractivity contribution in [3.8, 4) is 0 Å². The quantitative estimate of drug-likeness (QED) is 0.804. The highest BCUT2D eigenvalue weighted by molar-refractivity contribution is 7.14. The first-order valence-electron chi connectivity index (χ1n) is 10.2. The zero-order chi connectivity index (χ0) is 18.9. The molecular formula is C21H31N3O2S. The molecule has 1 amide bonds. The minimum Gasteiger partial charge on any atom is -0.369 e. The van der Waals surface area contributed by atoms with Crippen LogP contribution in [0.25, 0.3) is 0 Å². The molecule has 0 bridgehead atoms. The summed E-state index contributed by atoms with van der Waals surface area (Å²) in [6, 6.07) is 2.52. The number of nitrogens with zero attached hydrogens (tertiary/aromatic N) is 2. The molecule has 6 heteroatoms. The molecule has 0 aromatic carbocycles. The highest BCUT2D eigenvalue weighted by Gasteiger charge is 2.42. The average molecular weight is 390 g/mol. The lowest BCUT2D eigenvalue weighted by Crippen LogP contribution is -2.51. The zero-order valence-electron chi connectivity index (χ0n) is 16.3. The molecule has 3 aliphatic rings. The third kappa shape index (κ3) is 3.86. The summed E-state index contributed by atoms with van der Waals surface area (Å²) in [6.45, 7) is 12.4. The van der Waals surface area contributed by atoms with Crippen LogP contribution in [0.3, 0.4) is 0 Å². The molecule has 4 rings (SSSR count). The maximum atomic E-state index is 13.1. The van der Waals surface area contributed by atoms with Crippen LogP contribution >= 0.6 is 11.3 Å². The Morgan fingerprint density at radius 1 is 1.44 bits per heavy atom. The Balaban J connectivity index is 1.50. The number of fused-ring (bicyclic) bond motifs is 2. The number of rotatable bonds is 4. The summed E-state index contributed by atoms with van der Waals surface area (Å²) < 4.78 is 6.37. The number of nitrogens with one attached hydrogen (secondary N) is 1. The lowest BCUT2D eigenvalue weighted by Gasteiger charge is -2.43. The number of likely N-dealkylation sites (tertiary alicyclic amines) is 1. The molecule has 4 heterocycles. The monoisotopic (exact) mass is 389 g/mol. The van der Waals surface area contributed by atoms with Crippen LogP contribution in [0.4, 0.5) is 0 Å². The van der Waals surface area contributed by atoms with E-state index in [1.54, 1.807) is 11.3 Å². The smallest absolute Gasteiger partial charge is 0.264 e. The van der Waals surface area contributed by atoms with Gasteiger partial charge in [0.15, 0.2) is 0 Å². The van der Waals surface area contributed by atoms with Gasteiger partial charge in [0.25, 0.3) is 5.91 Å². The van der Waals surface area contributed by atoms with Crippen LogP contribution in [0.1, 0.15) is 46.3 Å². The molecule has 1 spiro atoms. The lowest BCUT2D eigenvalue weighted by atomic mass is 9.85. The van der Waals surface area contributed by atoms with E-state index in [-0.39, 0.29) is 11.5 Å². The van der Waals surface area contributed by atoms with Crippen molar-refractivity contribution in [1.82, 2.24) is 15.1 Å². The van der Waals surface area contributed by atoms with Crippen molar-refractivity contribution in [2.24, 2.45) is 0 Å². The van der Waals surface area contributed by atoms with Gasteiger partial charge in [-0.15, -0.1) is 17.9 Å². The number of amides is 1. The summed E-state index contributed by atoms with van der Waals surface area (Å²) in [5.74, 6) is 0.196. The summed E-state index contributed by atoms with van der Waals surface area (Å²) in [6.07, 6.45) is 6.01. The van der Waals surface area contributed by atoms with Crippen molar-refractivity contribution in [3.05, 3.63) is 34.0 Å². The molecule has 0 saturated carbocycles. The fourth-order valence-electron chi connectivity index (χ4n) is 4.58. The van der Waals surface area contributed by atoms with E-state index in [9.17, 15) is 4.79 Å². The Morgan fingerprint density at radius 3 is 3.00 bits per heavy atom. The molecule has 1 aromatic heterocycles. The molecule has 0 aliphatic carbocycles. The third-order valence-corrected chi connectivity index (χ3v) is 7.50. The van der Waals surface area contributed by atoms with Crippen LogP contribution in [-0.2, 0) is 16.8 Å². The van der Waals surface area contributed by atoms with Gasteiger partial charge in [0.2, 0.25) is 0 Å². The predicted octanol–water partition coefficient (Wildman–Crippen LogP) is 2.62. The average Bonchev–Trinajstić information content (AvgIpc) is 3.13. The fraction of sp³-hybridized carbons (Fsp3) is 0.667. The second-order valence-electron chi connectivity index (χ2n) is 8.08. The Bertz CT molecular complexity index is 694. The first kappa shape index (κ1) is 19.1. The van der Waals surface area contributed by atoms with Crippen molar-refractivity contribution >= 4 is 17.2 Å². The molecule has 2 fully saturated rings. The van der Waals surface area contributed by atoms with Gasteiger partial charge in [-0.25, -0.2) is 0 Å². The van der Waals surface area contributed by atoms with Crippen LogP contribution in [0.5, 0.6) is 0 Å². The second-order valence-corrected chi connectivity index (χ2v) is 9.14. The number of thiophene rings is 1. The van der Waals surface area contributed by atoms with Crippen LogP contribution < -0.4 is 5.32 Å². The van der Waals surface area contributed by atoms with E-state index < -0.39 is 0 Å². The van der Waals surface area contributed by atoms with Gasteiger partial charge in [-0.3, -0.25) is 4.79 Å². The van der Waals surface area contributed by atoms with Crippen LogP contribution in [0.15, 0.2) is 18.7 Å². The molecule has 1 N–H and O–H groups in total. The van der Waals surface area contributed by atoms with Gasteiger partial charge >= 0.3 is 0 Å². The predicted molar refractivity (Wildman–Crippen MR) is 110 cm³/mol. The summed E-state index contributed by atoms with van der Waals surface area (Å²) in [7, 11) is 0. The molecule has 27 heavy (non-hydrogen) atoms. The lowest BCUT2D eigenvalue weighted by molar-refractivity contribution is -0.0948. The molecule has 1 atom stereocenters. The van der Waals surface area contributed by atoms with Gasteiger partial charge in [-0.05, 0) is 44.2 Å². The number of carbonyl (C=O) groups excluding carboxylic acids is 1. The number of piperazine rings is 1. The first-order valence-corrected chi connectivity index (χ1v) is 11.1. The molecular weight excluding hydrogens is 358 g/mol. The highest BCUT2D eigenvalue weighted by atomic mass is 32.1. The van der Waals surface area contributed by atoms with Crippen molar-refractivity contribution in [2.45, 2.75) is 44.2 Å². The third-order valence-electron chi connectivity index (χ3n) is 6.15. The molecule has 1 aromatic rings. The summed E-state index contributed by atoms with van der Waals surface area (Å²) in [5.41, 5.74) is 1.18. The molecule has 5 nitrogen and oxygen atoms in total. The van der Waals surface area contributed by atoms with Crippen molar-refractivity contribution in [1.29, 1.82) is 0 Å². The number of hydrogen-bond acceptors (Lipinski definition) is 5. The normalized spacial score (nSPS) is 25.4. The molecule has 3 aliphatic heterocycles. The fourth-order valence-corrected chi connectivity index (χ4v) is 5.96. The largest absolute Gasteiger partial charge is 0.369 e. The molecule has 0 unspecified atom stereocenters. The maximum Gasteiger partial charge on any atom is 0.264 e. The maximum absolute atomic E-state index is 13.1. The Labute approximate surface area is 166 Å². The Morgan fingerprint density at radius 2 is 2.26 bits per heavy atom. The first-order chi connectivity index (χ1) is 13.1. The van der Waals surface area contributed by atoms with E-state index in [1.165, 1.54) is 10.4 Å². The zero-order valence-corrected chi connectivity index (χ0v) is 17.2. The molecule has 0 radical (unpaired) electrons. The van der Waals surface area contributed by atoms with Gasteiger partial charge in [0.1, 0.15) is 5.60 Å². The number of hydrogen-bond donors (Lipinski definition) is 1. The van der Waals surface area contributed by atoms with E-state index >= 15 is 0 Å². The Hall–Kier alpha value is -1.21. The van der Waals surface area contributed by atoms with E-state index in [0.29, 0.717) is 6.04 Å². The van der Waals surface area contributed by atoms with Gasteiger partial charge in [0, 0.05) is 50.2 Å². The molecule has 148 valence electrons. The van der Waals surface area contributed by atoms with E-state index in [0.717, 1.165) is 76.4 Å². The van der Waals surface area contributed by atoms with Gasteiger partial charge in [-0.1, -0.05) is 6.08 Å². The van der Waals surface area contributed by atoms with Gasteiger partial charge in [0.05, 0.1) is 11.5 Å². The van der Waals surface area contributed by atoms with Crippen molar-refractivity contribution in [3.63, 3.8) is 0 Å². The minimum atomic E-state index is -0.168. The number of carbonyl (C=O) groups is 1. The highest BCUT2D eigenvalue weighted by Crippen LogP contribution is 2.45. The summed E-state index contributed by atoms with van der Waals surface area (Å²) in [4.78, 5) is 19.8. The van der Waals surface area contributed by atoms with Crippen molar-refractivity contribution in [2.75, 3.05) is 45.9 Å². The van der Waals surface area contributed by atoms with E-state index in [4.69, 9.17) is 4.74 Å². The minimum absolute atomic E-state index is 0.168. The number of piperidine rings is 1. The molecule has 2 saturated heterocycles. The topological polar surface area (TPSA) is 44.8 Å². The Kier molecular flexibility index (Phi) is 5.69. The van der Waals surface area contributed by atoms with Crippen LogP contribution in [0.2, 0.25) is 0 Å². The van der Waals surface area contributed by atoms with Gasteiger partial charge < -0.3 is 19.9 Å². The SMILES string of the molecule is C=CCCN1CCC2(CC1)OCCc1cc(C(=O)N3CCN[C@H](C)C3)sc12. The summed E-state index contributed by atoms with van der Waals surface area (Å²) in [5, 5.41) is 3.41. The van der Waals surface area contributed by atoms with E-state index in [2.05, 4.69) is 29.8 Å². The standard InChI is InChI=1S/C21H31N3O2S/c1-3-4-9-23-10-6-21(7-11-23)19-17(5-13-26-21)14-18(27-19)20(25)24-12-8-22-16(2)15-24/h3,14,16,22H,1,4-13,15H2,2H3/t16-/m1/s1. The van der Waals surface area contributed by atoms with Crippen LogP contribution in [0, 0.1) is 0 Å². The second kappa shape index (κ2) is 8.03. The van der Waals surface area contributed by atoms with Crippen LogP contribution in [-0.4, -0.2) is 67.6 Å². The number of ether oxygens (including phenoxy) is 1. The summed E-state index contributed by atoms with van der Waals surface area (Å²) >= 11 is 1.69. The van der Waals surface area contributed by atoms with Gasteiger partial charge in [-0.2, -0.15) is 0 Å².